The van der Waals surface area contributed by atoms with E-state index in [-0.39, 0.29) is 49.1 Å². The molecule has 344 valence electrons. The molecule has 60 heavy (non-hydrogen) atoms. The molecule has 0 saturated heterocycles. The Bertz CT molecular complexity index is 1210. The number of carboxylic acids is 1. The molecule has 0 aromatic rings. The number of quaternary nitrogens is 1. The number of carboxylic acid groups (broad SMARTS) is 1. The zero-order valence-corrected chi connectivity index (χ0v) is 39.1. The van der Waals surface area contributed by atoms with Crippen LogP contribution in [0.4, 0.5) is 0 Å². The van der Waals surface area contributed by atoms with Crippen LogP contribution < -0.4 is 5.11 Å². The maximum atomic E-state index is 12.7. The fraction of sp³-hybridized carbons (Fsp3) is 0.712. The van der Waals surface area contributed by atoms with E-state index < -0.39 is 18.1 Å². The van der Waals surface area contributed by atoms with Gasteiger partial charge in [-0.25, -0.2) is 0 Å². The lowest BCUT2D eigenvalue weighted by molar-refractivity contribution is -0.889. The molecular formula is C52H89NO7. The monoisotopic (exact) mass is 840 g/mol. The van der Waals surface area contributed by atoms with E-state index in [1.54, 1.807) is 21.1 Å². The summed E-state index contributed by atoms with van der Waals surface area (Å²) in [5, 5.41) is 11.6. The molecule has 0 saturated carbocycles. The summed E-state index contributed by atoms with van der Waals surface area (Å²) in [6.07, 6.45) is 53.8. The Morgan fingerprint density at radius 2 is 0.967 bits per heavy atom. The molecular weight excluding hydrogens is 751 g/mol. The van der Waals surface area contributed by atoms with Gasteiger partial charge in [0.2, 0.25) is 0 Å². The average Bonchev–Trinajstić information content (AvgIpc) is 3.21. The van der Waals surface area contributed by atoms with E-state index in [1.807, 2.05) is 6.08 Å². The van der Waals surface area contributed by atoms with Crippen molar-refractivity contribution in [2.45, 2.75) is 199 Å². The quantitative estimate of drug-likeness (QED) is 0.0261. The molecule has 0 heterocycles. The second-order valence-electron chi connectivity index (χ2n) is 17.0. The lowest BCUT2D eigenvalue weighted by Gasteiger charge is -2.34. The molecule has 0 bridgehead atoms. The van der Waals surface area contributed by atoms with E-state index in [0.29, 0.717) is 12.8 Å². The molecule has 2 unspecified atom stereocenters. The molecule has 0 fully saturated rings. The topological polar surface area (TPSA) is 102 Å². The molecule has 0 spiro atoms. The predicted molar refractivity (Wildman–Crippen MR) is 249 cm³/mol. The van der Waals surface area contributed by atoms with E-state index in [0.717, 1.165) is 57.8 Å². The van der Waals surface area contributed by atoms with Crippen LogP contribution in [-0.2, 0) is 28.6 Å². The van der Waals surface area contributed by atoms with Crippen LogP contribution in [0.2, 0.25) is 0 Å². The Balaban J connectivity index is 4.28. The maximum Gasteiger partial charge on any atom is 0.306 e. The molecule has 0 rings (SSSR count). The van der Waals surface area contributed by atoms with Gasteiger partial charge in [-0.1, -0.05) is 170 Å². The summed E-state index contributed by atoms with van der Waals surface area (Å²) in [6.45, 7) is 4.47. The predicted octanol–water partition coefficient (Wildman–Crippen LogP) is 12.2. The number of aliphatic carboxylic acids is 1. The summed E-state index contributed by atoms with van der Waals surface area (Å²) in [4.78, 5) is 36.9. The molecule has 0 aliphatic rings. The molecule has 0 radical (unpaired) electrons. The highest BCUT2D eigenvalue weighted by Crippen LogP contribution is 2.14. The molecule has 2 atom stereocenters. The Morgan fingerprint density at radius 1 is 0.517 bits per heavy atom. The van der Waals surface area contributed by atoms with Gasteiger partial charge >= 0.3 is 11.9 Å². The van der Waals surface area contributed by atoms with Crippen molar-refractivity contribution >= 4 is 17.9 Å². The minimum atomic E-state index is -1.14. The second kappa shape index (κ2) is 42.5. The summed E-state index contributed by atoms with van der Waals surface area (Å²) in [6, 6.07) is -0.738. The Morgan fingerprint density at radius 3 is 1.45 bits per heavy atom. The highest BCUT2D eigenvalue weighted by Gasteiger charge is 2.25. The molecule has 8 heteroatoms. The highest BCUT2D eigenvalue weighted by molar-refractivity contribution is 5.70. The summed E-state index contributed by atoms with van der Waals surface area (Å²) < 4.78 is 17.1. The van der Waals surface area contributed by atoms with Gasteiger partial charge in [0.1, 0.15) is 12.6 Å². The number of esters is 2. The van der Waals surface area contributed by atoms with Gasteiger partial charge < -0.3 is 28.6 Å². The van der Waals surface area contributed by atoms with Crippen LogP contribution in [0.3, 0.4) is 0 Å². The van der Waals surface area contributed by atoms with E-state index >= 15 is 0 Å². The normalized spacial score (nSPS) is 13.6. The van der Waals surface area contributed by atoms with Crippen LogP contribution >= 0.6 is 0 Å². The SMILES string of the molecule is CC/C=C/C/C=C/C/C=C/C/C=C/CCCCCCCCCCCCC(=O)OCC(COCCC(C(=O)[O-])[N+](C)(C)C)OC(=O)CC/C=C/C/C=C/CCCCCCCC. The number of hydrogen-bond donors (Lipinski definition) is 0. The number of carbonyl (C=O) groups is 3. The van der Waals surface area contributed by atoms with Gasteiger partial charge in [0.05, 0.1) is 40.3 Å². The largest absolute Gasteiger partial charge is 0.544 e. The number of rotatable bonds is 42. The molecule has 0 amide bonds. The van der Waals surface area contributed by atoms with Crippen LogP contribution in [0.5, 0.6) is 0 Å². The van der Waals surface area contributed by atoms with Gasteiger partial charge in [0, 0.05) is 19.3 Å². The first-order valence-electron chi connectivity index (χ1n) is 24.0. The van der Waals surface area contributed by atoms with Crippen molar-refractivity contribution in [3.05, 3.63) is 72.9 Å². The third-order valence-electron chi connectivity index (χ3n) is 10.3. The standard InChI is InChI=1S/C52H89NO7/c1-6-8-10-12-14-16-18-20-21-22-23-24-25-26-27-28-29-31-32-34-36-38-40-42-50(54)59-47-48(46-58-45-44-49(52(56)57)53(3,4)5)60-51(55)43-41-39-37-35-33-30-19-17-15-13-11-9-7-2/h8,10,14,16,20-21,23-24,30,33,37,39,48-49H,6-7,9,11-13,15,17-19,22,25-29,31-32,34-36,38,40-47H2,1-5H3/b10-8+,16-14+,21-20+,24-23+,33-30+,39-37+. The minimum absolute atomic E-state index is 0.0143. The number of likely N-dealkylation sites (N-methyl/N-ethyl adjacent to an activating group) is 1. The summed E-state index contributed by atoms with van der Waals surface area (Å²) in [5.41, 5.74) is 0. The van der Waals surface area contributed by atoms with Crippen LogP contribution in [0.1, 0.15) is 187 Å². The van der Waals surface area contributed by atoms with Gasteiger partial charge in [0.15, 0.2) is 6.10 Å². The number of allylic oxidation sites excluding steroid dienone is 12. The Hall–Kier alpha value is -3.23. The molecule has 0 aliphatic carbocycles. The average molecular weight is 840 g/mol. The van der Waals surface area contributed by atoms with Crippen LogP contribution in [0.15, 0.2) is 72.9 Å². The molecule has 0 aromatic carbocycles. The first-order chi connectivity index (χ1) is 29.1. The van der Waals surface area contributed by atoms with Gasteiger partial charge in [-0.3, -0.25) is 9.59 Å². The van der Waals surface area contributed by atoms with Crippen LogP contribution in [-0.4, -0.2) is 75.5 Å². The van der Waals surface area contributed by atoms with Crippen molar-refractivity contribution in [3.63, 3.8) is 0 Å². The third kappa shape index (κ3) is 40.2. The molecule has 0 aliphatic heterocycles. The van der Waals surface area contributed by atoms with Gasteiger partial charge in [-0.2, -0.15) is 0 Å². The molecule has 0 aromatic heterocycles. The summed E-state index contributed by atoms with van der Waals surface area (Å²) in [5.74, 6) is -1.83. The number of ether oxygens (including phenoxy) is 3. The van der Waals surface area contributed by atoms with E-state index in [9.17, 15) is 19.5 Å². The van der Waals surface area contributed by atoms with Crippen molar-refractivity contribution < 1.29 is 38.2 Å². The zero-order valence-electron chi connectivity index (χ0n) is 39.1. The summed E-state index contributed by atoms with van der Waals surface area (Å²) in [7, 11) is 5.39. The highest BCUT2D eigenvalue weighted by atomic mass is 16.6. The third-order valence-corrected chi connectivity index (χ3v) is 10.3. The number of nitrogens with zero attached hydrogens (tertiary/aromatic N) is 1. The lowest BCUT2D eigenvalue weighted by atomic mass is 10.1. The lowest BCUT2D eigenvalue weighted by Crippen LogP contribution is -2.55. The van der Waals surface area contributed by atoms with Gasteiger partial charge in [-0.05, 0) is 70.6 Å². The fourth-order valence-corrected chi connectivity index (χ4v) is 6.64. The van der Waals surface area contributed by atoms with Crippen molar-refractivity contribution in [2.75, 3.05) is 41.0 Å². The second-order valence-corrected chi connectivity index (χ2v) is 17.0. The van der Waals surface area contributed by atoms with Crippen molar-refractivity contribution in [1.82, 2.24) is 0 Å². The number of unbranched alkanes of at least 4 members (excludes halogenated alkanes) is 16. The van der Waals surface area contributed by atoms with E-state index in [2.05, 4.69) is 80.7 Å². The first kappa shape index (κ1) is 56.8. The smallest absolute Gasteiger partial charge is 0.306 e. The van der Waals surface area contributed by atoms with Crippen molar-refractivity contribution in [1.29, 1.82) is 0 Å². The maximum absolute atomic E-state index is 12.7. The van der Waals surface area contributed by atoms with Crippen LogP contribution in [0.25, 0.3) is 0 Å². The van der Waals surface area contributed by atoms with E-state index in [1.165, 1.54) is 89.9 Å². The number of hydrogen-bond acceptors (Lipinski definition) is 7. The zero-order chi connectivity index (χ0) is 44.2. The molecule has 8 nitrogen and oxygen atoms in total. The van der Waals surface area contributed by atoms with E-state index in [4.69, 9.17) is 14.2 Å². The Labute approximate surface area is 368 Å². The fourth-order valence-electron chi connectivity index (χ4n) is 6.64. The molecule has 0 N–H and O–H groups in total. The first-order valence-corrected chi connectivity index (χ1v) is 24.0. The minimum Gasteiger partial charge on any atom is -0.544 e. The Kier molecular flexibility index (Phi) is 40.2. The number of carbonyl (C=O) groups excluding carboxylic acids is 3. The van der Waals surface area contributed by atoms with Crippen molar-refractivity contribution in [3.8, 4) is 0 Å². The summed E-state index contributed by atoms with van der Waals surface area (Å²) >= 11 is 0. The van der Waals surface area contributed by atoms with Gasteiger partial charge in [0.25, 0.3) is 0 Å². The van der Waals surface area contributed by atoms with Gasteiger partial charge in [-0.15, -0.1) is 0 Å². The van der Waals surface area contributed by atoms with Crippen molar-refractivity contribution in [2.24, 2.45) is 0 Å². The van der Waals surface area contributed by atoms with Crippen LogP contribution in [0, 0.1) is 0 Å².